The zero-order valence-electron chi connectivity index (χ0n) is 11.2. The average Bonchev–Trinajstić information content (AvgIpc) is 2.85. The molecule has 0 spiro atoms. The van der Waals surface area contributed by atoms with Crippen LogP contribution in [0.3, 0.4) is 0 Å². The number of aliphatic carboxylic acids is 1. The lowest BCUT2D eigenvalue weighted by atomic mass is 9.90. The molecule has 0 aliphatic carbocycles. The van der Waals surface area contributed by atoms with E-state index in [-0.39, 0.29) is 24.5 Å². The first-order valence-corrected chi connectivity index (χ1v) is 6.34. The average molecular weight is 269 g/mol. The number of carboxylic acids is 1. The molecule has 0 aromatic rings. The van der Waals surface area contributed by atoms with Crippen molar-refractivity contribution < 1.29 is 19.5 Å². The van der Waals surface area contributed by atoms with Crippen LogP contribution in [0.2, 0.25) is 0 Å². The maximum absolute atomic E-state index is 12.0. The molecule has 2 unspecified atom stereocenters. The molecule has 2 rings (SSSR count). The van der Waals surface area contributed by atoms with E-state index in [1.165, 1.54) is 4.90 Å². The van der Waals surface area contributed by atoms with Gasteiger partial charge in [-0.25, -0.2) is 4.79 Å². The topological polar surface area (TPSA) is 90.0 Å². The minimum Gasteiger partial charge on any atom is -0.481 e. The van der Waals surface area contributed by atoms with Crippen LogP contribution in [0, 0.1) is 5.41 Å². The minimum absolute atomic E-state index is 0.0158. The fourth-order valence-corrected chi connectivity index (χ4v) is 2.54. The third-order valence-corrected chi connectivity index (χ3v) is 3.95. The Hall–Kier alpha value is -1.79. The fourth-order valence-electron chi connectivity index (χ4n) is 2.54. The summed E-state index contributed by atoms with van der Waals surface area (Å²) in [5, 5.41) is 11.9. The first-order chi connectivity index (χ1) is 8.82. The summed E-state index contributed by atoms with van der Waals surface area (Å²) in [7, 11) is 1.70. The van der Waals surface area contributed by atoms with Gasteiger partial charge >= 0.3 is 12.0 Å². The minimum atomic E-state index is -0.876. The van der Waals surface area contributed by atoms with Crippen molar-refractivity contribution in [2.75, 3.05) is 26.7 Å². The summed E-state index contributed by atoms with van der Waals surface area (Å²) in [4.78, 5) is 37.6. The Morgan fingerprint density at radius 1 is 1.47 bits per heavy atom. The van der Waals surface area contributed by atoms with E-state index in [0.717, 1.165) is 0 Å². The number of carbonyl (C=O) groups is 3. The number of nitrogens with zero attached hydrogens (tertiary/aromatic N) is 2. The molecule has 2 atom stereocenters. The molecule has 0 aromatic heterocycles. The Labute approximate surface area is 111 Å². The van der Waals surface area contributed by atoms with Gasteiger partial charge in [-0.3, -0.25) is 9.59 Å². The van der Waals surface area contributed by atoms with E-state index in [9.17, 15) is 14.4 Å². The number of likely N-dealkylation sites (N-methyl/N-ethyl adjacent to an activating group) is 1. The number of nitrogens with one attached hydrogen (secondary N) is 1. The largest absolute Gasteiger partial charge is 0.481 e. The highest BCUT2D eigenvalue weighted by Crippen LogP contribution is 2.30. The number of amides is 3. The van der Waals surface area contributed by atoms with Crippen molar-refractivity contribution in [3.63, 3.8) is 0 Å². The second-order valence-corrected chi connectivity index (χ2v) is 5.66. The number of hydrogen-bond donors (Lipinski definition) is 2. The lowest BCUT2D eigenvalue weighted by molar-refractivity contribution is -0.147. The molecule has 0 aromatic carbocycles. The molecule has 2 N–H and O–H groups in total. The van der Waals surface area contributed by atoms with Gasteiger partial charge in [-0.2, -0.15) is 0 Å². The third kappa shape index (κ3) is 2.64. The van der Waals surface area contributed by atoms with Crippen LogP contribution in [0.15, 0.2) is 0 Å². The molecule has 0 radical (unpaired) electrons. The van der Waals surface area contributed by atoms with Crippen molar-refractivity contribution in [1.82, 2.24) is 15.1 Å². The molecule has 2 fully saturated rings. The number of carboxylic acid groups (broad SMARTS) is 1. The molecule has 7 nitrogen and oxygen atoms in total. The van der Waals surface area contributed by atoms with Crippen molar-refractivity contribution in [3.05, 3.63) is 0 Å². The Morgan fingerprint density at radius 2 is 2.16 bits per heavy atom. The van der Waals surface area contributed by atoms with E-state index >= 15 is 0 Å². The highest BCUT2D eigenvalue weighted by molar-refractivity contribution is 5.82. The smallest absolute Gasteiger partial charge is 0.317 e. The Morgan fingerprint density at radius 3 is 2.63 bits per heavy atom. The fraction of sp³-hybridized carbons (Fsp3) is 0.750. The zero-order chi connectivity index (χ0) is 14.2. The van der Waals surface area contributed by atoms with E-state index in [1.54, 1.807) is 18.9 Å². The van der Waals surface area contributed by atoms with Crippen LogP contribution in [0.4, 0.5) is 4.79 Å². The number of likely N-dealkylation sites (tertiary alicyclic amines) is 2. The quantitative estimate of drug-likeness (QED) is 0.721. The van der Waals surface area contributed by atoms with Crippen LogP contribution in [-0.2, 0) is 9.59 Å². The SMILES string of the molecule is CN1CC(NC(=O)N2CCC(C)(C(=O)O)C2)CC1=O. The molecular formula is C12H19N3O4. The highest BCUT2D eigenvalue weighted by atomic mass is 16.4. The van der Waals surface area contributed by atoms with Crippen molar-refractivity contribution in [2.24, 2.45) is 5.41 Å². The van der Waals surface area contributed by atoms with Gasteiger partial charge in [0.1, 0.15) is 0 Å². The zero-order valence-corrected chi connectivity index (χ0v) is 11.2. The molecular weight excluding hydrogens is 250 g/mol. The lowest BCUT2D eigenvalue weighted by Crippen LogP contribution is -2.45. The molecule has 7 heteroatoms. The third-order valence-electron chi connectivity index (χ3n) is 3.95. The maximum atomic E-state index is 12.0. The van der Waals surface area contributed by atoms with Crippen molar-refractivity contribution in [3.8, 4) is 0 Å². The molecule has 2 aliphatic heterocycles. The molecule has 0 saturated carbocycles. The molecule has 106 valence electrons. The van der Waals surface area contributed by atoms with Gasteiger partial charge in [0.15, 0.2) is 0 Å². The van der Waals surface area contributed by atoms with E-state index < -0.39 is 11.4 Å². The first kappa shape index (κ1) is 13.6. The number of hydrogen-bond acceptors (Lipinski definition) is 3. The normalized spacial score (nSPS) is 30.8. The lowest BCUT2D eigenvalue weighted by Gasteiger charge is -2.22. The van der Waals surface area contributed by atoms with E-state index in [0.29, 0.717) is 25.9 Å². The van der Waals surface area contributed by atoms with Gasteiger partial charge < -0.3 is 20.2 Å². The number of urea groups is 1. The monoisotopic (exact) mass is 269 g/mol. The first-order valence-electron chi connectivity index (χ1n) is 6.34. The van der Waals surface area contributed by atoms with Crippen LogP contribution in [-0.4, -0.2) is 65.5 Å². The van der Waals surface area contributed by atoms with Crippen LogP contribution in [0.25, 0.3) is 0 Å². The molecule has 0 bridgehead atoms. The Kier molecular flexibility index (Phi) is 3.38. The number of carbonyl (C=O) groups excluding carboxylic acids is 2. The van der Waals surface area contributed by atoms with Gasteiger partial charge in [-0.15, -0.1) is 0 Å². The second-order valence-electron chi connectivity index (χ2n) is 5.66. The molecule has 2 heterocycles. The summed E-state index contributed by atoms with van der Waals surface area (Å²) < 4.78 is 0. The van der Waals surface area contributed by atoms with E-state index in [4.69, 9.17) is 5.11 Å². The van der Waals surface area contributed by atoms with Crippen LogP contribution in [0.1, 0.15) is 19.8 Å². The Balaban J connectivity index is 1.89. The molecule has 19 heavy (non-hydrogen) atoms. The van der Waals surface area contributed by atoms with Crippen molar-refractivity contribution >= 4 is 17.9 Å². The summed E-state index contributed by atoms with van der Waals surface area (Å²) in [5.74, 6) is -0.860. The molecule has 2 aliphatic rings. The second kappa shape index (κ2) is 4.71. The van der Waals surface area contributed by atoms with Crippen LogP contribution >= 0.6 is 0 Å². The highest BCUT2D eigenvalue weighted by Gasteiger charge is 2.42. The van der Waals surface area contributed by atoms with Crippen LogP contribution in [0.5, 0.6) is 0 Å². The number of rotatable bonds is 2. The van der Waals surface area contributed by atoms with Gasteiger partial charge in [0.05, 0.1) is 11.5 Å². The van der Waals surface area contributed by atoms with Crippen molar-refractivity contribution in [2.45, 2.75) is 25.8 Å². The summed E-state index contributed by atoms with van der Waals surface area (Å²) in [6, 6.07) is -0.459. The van der Waals surface area contributed by atoms with Gasteiger partial charge in [0.2, 0.25) is 5.91 Å². The summed E-state index contributed by atoms with van der Waals surface area (Å²) in [5.41, 5.74) is -0.861. The van der Waals surface area contributed by atoms with E-state index in [1.807, 2.05) is 0 Å². The van der Waals surface area contributed by atoms with E-state index in [2.05, 4.69) is 5.32 Å². The van der Waals surface area contributed by atoms with Crippen molar-refractivity contribution in [1.29, 1.82) is 0 Å². The Bertz CT molecular complexity index is 425. The van der Waals surface area contributed by atoms with Crippen LogP contribution < -0.4 is 5.32 Å². The predicted molar refractivity (Wildman–Crippen MR) is 66.5 cm³/mol. The standard InChI is InChI=1S/C12H19N3O4/c1-12(10(17)18)3-4-15(7-12)11(19)13-8-5-9(16)14(2)6-8/h8H,3-7H2,1-2H3,(H,13,19)(H,17,18). The van der Waals surface area contributed by atoms with Gasteiger partial charge in [-0.05, 0) is 13.3 Å². The molecule has 3 amide bonds. The summed E-state index contributed by atoms with van der Waals surface area (Å²) >= 11 is 0. The molecule has 2 saturated heterocycles. The van der Waals surface area contributed by atoms with Gasteiger partial charge in [-0.1, -0.05) is 0 Å². The van der Waals surface area contributed by atoms with Gasteiger partial charge in [0, 0.05) is 33.1 Å². The summed E-state index contributed by atoms with van der Waals surface area (Å²) in [6.45, 7) is 2.81. The predicted octanol–water partition coefficient (Wildman–Crippen LogP) is -0.277. The summed E-state index contributed by atoms with van der Waals surface area (Å²) in [6.07, 6.45) is 0.769. The maximum Gasteiger partial charge on any atom is 0.317 e. The van der Waals surface area contributed by atoms with Gasteiger partial charge in [0.25, 0.3) is 0 Å².